The van der Waals surface area contributed by atoms with Crippen LogP contribution in [0.3, 0.4) is 0 Å². The fourth-order valence-electron chi connectivity index (χ4n) is 3.03. The molecule has 1 aromatic heterocycles. The van der Waals surface area contributed by atoms with E-state index in [4.69, 9.17) is 4.74 Å². The highest BCUT2D eigenvalue weighted by molar-refractivity contribution is 7.11. The van der Waals surface area contributed by atoms with Crippen LogP contribution in [-0.4, -0.2) is 54.3 Å². The van der Waals surface area contributed by atoms with Gasteiger partial charge >= 0.3 is 6.03 Å². The van der Waals surface area contributed by atoms with Gasteiger partial charge in [0.2, 0.25) is 0 Å². The molecule has 2 aliphatic heterocycles. The van der Waals surface area contributed by atoms with Crippen molar-refractivity contribution in [1.82, 2.24) is 20.5 Å². The van der Waals surface area contributed by atoms with E-state index in [1.54, 1.807) is 11.3 Å². The molecule has 0 bridgehead atoms. The predicted octanol–water partition coefficient (Wildman–Crippen LogP) is 1.37. The molecule has 7 heteroatoms. The van der Waals surface area contributed by atoms with E-state index in [2.05, 4.69) is 27.4 Å². The van der Waals surface area contributed by atoms with Crippen LogP contribution in [0.2, 0.25) is 0 Å². The molecular weight excluding hydrogens is 300 g/mol. The van der Waals surface area contributed by atoms with Gasteiger partial charge in [-0.15, -0.1) is 11.3 Å². The molecule has 3 rings (SSSR count). The first kappa shape index (κ1) is 15.7. The second-order valence-corrected chi connectivity index (χ2v) is 7.08. The molecule has 0 aliphatic carbocycles. The molecule has 0 spiro atoms. The molecular formula is C15H24N4O2S. The Bertz CT molecular complexity index is 507. The topological polar surface area (TPSA) is 66.5 Å². The fourth-order valence-corrected chi connectivity index (χ4v) is 3.83. The van der Waals surface area contributed by atoms with Gasteiger partial charge in [0.25, 0.3) is 0 Å². The predicted molar refractivity (Wildman–Crippen MR) is 86.1 cm³/mol. The summed E-state index contributed by atoms with van der Waals surface area (Å²) in [5.41, 5.74) is 0. The summed E-state index contributed by atoms with van der Waals surface area (Å²) >= 11 is 1.65. The summed E-state index contributed by atoms with van der Waals surface area (Å²) in [6, 6.07) is 0.447. The number of nitrogens with one attached hydrogen (secondary N) is 2. The normalized spacial score (nSPS) is 25.0. The van der Waals surface area contributed by atoms with Crippen LogP contribution in [0.25, 0.3) is 0 Å². The minimum atomic E-state index is -0.152. The van der Waals surface area contributed by atoms with Crippen LogP contribution in [0.4, 0.5) is 4.79 Å². The van der Waals surface area contributed by atoms with Crippen molar-refractivity contribution in [2.75, 3.05) is 26.2 Å². The summed E-state index contributed by atoms with van der Waals surface area (Å²) in [6.45, 7) is 6.04. The number of thiazole rings is 1. The van der Waals surface area contributed by atoms with Crippen LogP contribution < -0.4 is 10.6 Å². The van der Waals surface area contributed by atoms with Crippen molar-refractivity contribution in [1.29, 1.82) is 0 Å². The molecule has 2 saturated heterocycles. The number of aryl methyl sites for hydroxylation is 1. The van der Waals surface area contributed by atoms with Crippen LogP contribution in [0.15, 0.2) is 6.20 Å². The number of aromatic nitrogens is 1. The zero-order valence-corrected chi connectivity index (χ0v) is 13.8. The number of hydrogen-bond acceptors (Lipinski definition) is 5. The highest BCUT2D eigenvalue weighted by atomic mass is 32.1. The fraction of sp³-hybridized carbons (Fsp3) is 0.733. The second kappa shape index (κ2) is 7.39. The van der Waals surface area contributed by atoms with E-state index in [1.807, 2.05) is 6.20 Å². The van der Waals surface area contributed by atoms with Crippen LogP contribution in [0.5, 0.6) is 0 Å². The molecule has 2 amide bonds. The van der Waals surface area contributed by atoms with Crippen LogP contribution in [0, 0.1) is 0 Å². The maximum Gasteiger partial charge on any atom is 0.315 e. The van der Waals surface area contributed by atoms with Crippen molar-refractivity contribution < 1.29 is 9.53 Å². The average Bonchev–Trinajstić information content (AvgIpc) is 3.19. The maximum absolute atomic E-state index is 11.8. The minimum Gasteiger partial charge on any atom is -0.373 e. The van der Waals surface area contributed by atoms with E-state index < -0.39 is 0 Å². The summed E-state index contributed by atoms with van der Waals surface area (Å²) in [5, 5.41) is 6.69. The molecule has 2 N–H and O–H groups in total. The number of urea groups is 1. The Morgan fingerprint density at radius 2 is 2.45 bits per heavy atom. The van der Waals surface area contributed by atoms with Gasteiger partial charge in [-0.05, 0) is 25.8 Å². The van der Waals surface area contributed by atoms with Crippen molar-refractivity contribution in [2.24, 2.45) is 0 Å². The lowest BCUT2D eigenvalue weighted by molar-refractivity contribution is -0.0457. The zero-order chi connectivity index (χ0) is 15.4. The van der Waals surface area contributed by atoms with Crippen molar-refractivity contribution in [3.63, 3.8) is 0 Å². The summed E-state index contributed by atoms with van der Waals surface area (Å²) in [6.07, 6.45) is 5.48. The lowest BCUT2D eigenvalue weighted by atomic mass is 10.2. The van der Waals surface area contributed by atoms with Crippen LogP contribution in [0.1, 0.15) is 29.7 Å². The first-order chi connectivity index (χ1) is 10.7. The van der Waals surface area contributed by atoms with Crippen LogP contribution >= 0.6 is 11.3 Å². The van der Waals surface area contributed by atoms with Gasteiger partial charge in [-0.2, -0.15) is 0 Å². The van der Waals surface area contributed by atoms with Crippen molar-refractivity contribution in [3.05, 3.63) is 16.1 Å². The largest absolute Gasteiger partial charge is 0.373 e. The third-order valence-corrected chi connectivity index (χ3v) is 5.44. The summed E-state index contributed by atoms with van der Waals surface area (Å²) in [7, 11) is 0. The van der Waals surface area contributed by atoms with Gasteiger partial charge in [0, 0.05) is 30.2 Å². The summed E-state index contributed by atoms with van der Waals surface area (Å²) in [4.78, 5) is 19.9. The average molecular weight is 324 g/mol. The molecule has 0 unspecified atom stereocenters. The Morgan fingerprint density at radius 3 is 3.27 bits per heavy atom. The molecule has 0 radical (unpaired) electrons. The SMILES string of the molecule is CCc1cnc(CNC(=O)NC[C@@H]2CN3CCC[C@H]3CO2)s1. The molecule has 22 heavy (non-hydrogen) atoms. The Hall–Kier alpha value is -1.18. The number of carbonyl (C=O) groups excluding carboxylic acids is 1. The molecule has 2 fully saturated rings. The standard InChI is InChI=1S/C15H24N4O2S/c1-2-13-7-16-14(22-13)8-18-15(20)17-6-12-9-19-5-3-4-11(19)10-21-12/h7,11-12H,2-6,8-10H2,1H3,(H2,17,18,20)/t11-,12+/m0/s1. The Labute approximate surface area is 135 Å². The van der Waals surface area contributed by atoms with Crippen LogP contribution in [-0.2, 0) is 17.7 Å². The Kier molecular flexibility index (Phi) is 5.28. The third-order valence-electron chi connectivity index (χ3n) is 4.30. The first-order valence-corrected chi connectivity index (χ1v) is 8.87. The number of hydrogen-bond donors (Lipinski definition) is 2. The number of morpholine rings is 1. The molecule has 2 aliphatic rings. The highest BCUT2D eigenvalue weighted by Crippen LogP contribution is 2.22. The molecule has 3 heterocycles. The van der Waals surface area contributed by atoms with Gasteiger partial charge in [-0.3, -0.25) is 4.90 Å². The number of nitrogens with zero attached hydrogens (tertiary/aromatic N) is 2. The van der Waals surface area contributed by atoms with E-state index in [9.17, 15) is 4.79 Å². The monoisotopic (exact) mass is 324 g/mol. The maximum atomic E-state index is 11.8. The minimum absolute atomic E-state index is 0.103. The quantitative estimate of drug-likeness (QED) is 0.858. The number of fused-ring (bicyclic) bond motifs is 1. The van der Waals surface area contributed by atoms with Gasteiger partial charge in [-0.25, -0.2) is 9.78 Å². The molecule has 0 aromatic carbocycles. The summed E-state index contributed by atoms with van der Waals surface area (Å²) < 4.78 is 5.83. The number of ether oxygens (including phenoxy) is 1. The van der Waals surface area contributed by atoms with Gasteiger partial charge < -0.3 is 15.4 Å². The smallest absolute Gasteiger partial charge is 0.315 e. The zero-order valence-electron chi connectivity index (χ0n) is 13.0. The number of amides is 2. The Morgan fingerprint density at radius 1 is 1.55 bits per heavy atom. The van der Waals surface area contributed by atoms with E-state index in [-0.39, 0.29) is 12.1 Å². The second-order valence-electron chi connectivity index (χ2n) is 5.88. The van der Waals surface area contributed by atoms with E-state index in [0.717, 1.165) is 24.6 Å². The van der Waals surface area contributed by atoms with Gasteiger partial charge in [0.15, 0.2) is 0 Å². The van der Waals surface area contributed by atoms with Crippen molar-refractivity contribution in [2.45, 2.75) is 44.9 Å². The highest BCUT2D eigenvalue weighted by Gasteiger charge is 2.32. The third kappa shape index (κ3) is 3.97. The molecule has 6 nitrogen and oxygen atoms in total. The lowest BCUT2D eigenvalue weighted by Gasteiger charge is -2.35. The lowest BCUT2D eigenvalue weighted by Crippen LogP contribution is -2.51. The summed E-state index contributed by atoms with van der Waals surface area (Å²) in [5.74, 6) is 0. The molecule has 122 valence electrons. The molecule has 2 atom stereocenters. The van der Waals surface area contributed by atoms with E-state index >= 15 is 0 Å². The van der Waals surface area contributed by atoms with Gasteiger partial charge in [0.05, 0.1) is 19.3 Å². The first-order valence-electron chi connectivity index (χ1n) is 8.05. The molecule has 1 aromatic rings. The van der Waals surface area contributed by atoms with Gasteiger partial charge in [0.1, 0.15) is 5.01 Å². The number of carbonyl (C=O) groups is 1. The van der Waals surface area contributed by atoms with Crippen molar-refractivity contribution in [3.8, 4) is 0 Å². The van der Waals surface area contributed by atoms with Gasteiger partial charge in [-0.1, -0.05) is 6.92 Å². The van der Waals surface area contributed by atoms with E-state index in [1.165, 1.54) is 24.3 Å². The van der Waals surface area contributed by atoms with E-state index in [0.29, 0.717) is 19.1 Å². The van der Waals surface area contributed by atoms with Crippen molar-refractivity contribution >= 4 is 17.4 Å². The Balaban J connectivity index is 1.35. The number of rotatable bonds is 5. The molecule has 0 saturated carbocycles.